The van der Waals surface area contributed by atoms with E-state index in [1.807, 2.05) is 212 Å². The molecule has 0 bridgehead atoms. The van der Waals surface area contributed by atoms with Crippen LogP contribution in [0.5, 0.6) is 40.2 Å². The van der Waals surface area contributed by atoms with Crippen molar-refractivity contribution in [2.75, 3.05) is 7.11 Å². The summed E-state index contributed by atoms with van der Waals surface area (Å²) in [6, 6.07) is 52.7. The van der Waals surface area contributed by atoms with E-state index < -0.39 is 30.6 Å². The van der Waals surface area contributed by atoms with Crippen LogP contribution < -0.4 is 31.7 Å². The second-order valence-corrected chi connectivity index (χ2v) is 24.3. The average molecular weight is 961 g/mol. The van der Waals surface area contributed by atoms with E-state index in [0.29, 0.717) is 40.2 Å². The molecule has 16 heteroatoms. The summed E-state index contributed by atoms with van der Waals surface area (Å²) in [5.41, 5.74) is 6.43. The van der Waals surface area contributed by atoms with Gasteiger partial charge in [-0.2, -0.15) is 0 Å². The van der Waals surface area contributed by atoms with Crippen molar-refractivity contribution in [1.29, 1.82) is 0 Å². The molecule has 0 radical (unpaired) electrons. The Hall–Kier alpha value is -5.98. The lowest BCUT2D eigenvalue weighted by Gasteiger charge is -2.33. The van der Waals surface area contributed by atoms with Gasteiger partial charge in [0.2, 0.25) is 0 Å². The van der Waals surface area contributed by atoms with Gasteiger partial charge in [0.1, 0.15) is 40.2 Å². The smallest absolute Gasteiger partial charge is 0.422 e. The molecule has 12 nitrogen and oxygen atoms in total. The zero-order valence-electron chi connectivity index (χ0n) is 38.0. The molecule has 7 aromatic carbocycles. The first-order valence-corrected chi connectivity index (χ1v) is 27.3. The third-order valence-electron chi connectivity index (χ3n) is 9.64. The molecule has 7 aromatic rings. The van der Waals surface area contributed by atoms with E-state index in [1.165, 1.54) is 7.11 Å². The Labute approximate surface area is 387 Å². The summed E-state index contributed by atoms with van der Waals surface area (Å²) >= 11 is 0. The average Bonchev–Trinajstić information content (AvgIpc) is 3.23. The molecule has 1 unspecified atom stereocenters. The standard InChI is InChI=1S/C50H52N4O8P4/c1-37-16-9-23-44(30-37)56-63(55-8)51-64(57-45-24-10-17-38(2)31-45,58-46-25-11-18-39(3)32-46)53-66(61-49-28-14-21-42(6)35-49,62-50-29-15-22-43(7)36-50)54-65(52-63,59-47-26-12-19-40(4)33-47)60-48-27-13-20-41(5)34-48/h9-36H,1-8H3. The fourth-order valence-corrected chi connectivity index (χ4v) is 18.7. The van der Waals surface area contributed by atoms with E-state index in [-0.39, 0.29) is 0 Å². The predicted molar refractivity (Wildman–Crippen MR) is 267 cm³/mol. The molecule has 0 saturated heterocycles. The monoisotopic (exact) mass is 960 g/mol. The number of rotatable bonds is 15. The maximum atomic E-state index is 7.20. The topological polar surface area (TPSA) is 123 Å². The Morgan fingerprint density at radius 1 is 0.258 bits per heavy atom. The van der Waals surface area contributed by atoms with Crippen molar-refractivity contribution in [3.05, 3.63) is 209 Å². The maximum Gasteiger partial charge on any atom is 0.460 e. The SMILES string of the molecule is COP1(Oc2cccc(C)c2)=NP(Oc2cccc(C)c2)(Oc2cccc(C)c2)=NP(Oc2cccc(C)c2)(Oc2cccc(C)c2)=NP(Oc2cccc(C)c2)(Oc2cccc(C)c2)=N1. The number of hydrogen-bond acceptors (Lipinski definition) is 12. The quantitative estimate of drug-likeness (QED) is 0.0931. The van der Waals surface area contributed by atoms with E-state index in [1.54, 1.807) is 6.07 Å². The van der Waals surface area contributed by atoms with E-state index in [9.17, 15) is 0 Å². The van der Waals surface area contributed by atoms with Gasteiger partial charge >= 0.3 is 30.6 Å². The Bertz CT molecular complexity index is 2890. The second-order valence-electron chi connectivity index (χ2n) is 15.9. The zero-order valence-corrected chi connectivity index (χ0v) is 41.6. The van der Waals surface area contributed by atoms with Crippen LogP contribution in [0, 0.1) is 48.5 Å². The molecule has 0 fully saturated rings. The van der Waals surface area contributed by atoms with Gasteiger partial charge in [-0.25, -0.2) is 0 Å². The molecule has 0 spiro atoms. The third kappa shape index (κ3) is 11.9. The van der Waals surface area contributed by atoms with Crippen LogP contribution in [0.4, 0.5) is 0 Å². The van der Waals surface area contributed by atoms with Crippen LogP contribution in [0.15, 0.2) is 188 Å². The Kier molecular flexibility index (Phi) is 14.0. The van der Waals surface area contributed by atoms with Crippen LogP contribution in [-0.4, -0.2) is 7.11 Å². The lowest BCUT2D eigenvalue weighted by atomic mass is 10.2. The molecule has 1 aliphatic heterocycles. The minimum atomic E-state index is -4.37. The molecule has 0 saturated carbocycles. The van der Waals surface area contributed by atoms with Crippen LogP contribution in [-0.2, 0) is 4.52 Å². The molecule has 0 amide bonds. The number of nitrogens with zero attached hydrogens (tertiary/aromatic N) is 4. The van der Waals surface area contributed by atoms with Crippen LogP contribution in [0.25, 0.3) is 0 Å². The molecule has 1 heterocycles. The molecule has 0 N–H and O–H groups in total. The summed E-state index contributed by atoms with van der Waals surface area (Å²) < 4.78 is 78.7. The Morgan fingerprint density at radius 3 is 0.606 bits per heavy atom. The van der Waals surface area contributed by atoms with Crippen molar-refractivity contribution in [2.24, 2.45) is 18.1 Å². The second kappa shape index (κ2) is 19.9. The molecular formula is C50H52N4O8P4. The summed E-state index contributed by atoms with van der Waals surface area (Å²) in [6.45, 7) is 13.8. The molecule has 1 atom stereocenters. The number of benzene rings is 7. The van der Waals surface area contributed by atoms with Gasteiger partial charge in [-0.3, -0.25) is 0 Å². The fraction of sp³-hybridized carbons (Fsp3) is 0.160. The van der Waals surface area contributed by atoms with Crippen molar-refractivity contribution >= 4 is 30.6 Å². The summed E-state index contributed by atoms with van der Waals surface area (Å²) in [6.07, 6.45) is 0. The van der Waals surface area contributed by atoms with Gasteiger partial charge in [0.25, 0.3) is 0 Å². The highest BCUT2D eigenvalue weighted by molar-refractivity contribution is 7.79. The molecule has 66 heavy (non-hydrogen) atoms. The minimum Gasteiger partial charge on any atom is -0.422 e. The number of aryl methyl sites for hydroxylation is 7. The highest BCUT2D eigenvalue weighted by Gasteiger charge is 2.48. The Morgan fingerprint density at radius 2 is 0.424 bits per heavy atom. The van der Waals surface area contributed by atoms with Crippen LogP contribution in [0.3, 0.4) is 0 Å². The fourth-order valence-electron chi connectivity index (χ4n) is 6.73. The summed E-state index contributed by atoms with van der Waals surface area (Å²) in [5, 5.41) is 0. The minimum absolute atomic E-state index is 0.390. The van der Waals surface area contributed by atoms with Crippen molar-refractivity contribution in [3.63, 3.8) is 0 Å². The van der Waals surface area contributed by atoms with Crippen LogP contribution in [0.1, 0.15) is 38.9 Å². The molecule has 1 aliphatic rings. The van der Waals surface area contributed by atoms with Crippen molar-refractivity contribution < 1.29 is 36.2 Å². The predicted octanol–water partition coefficient (Wildman–Crippen LogP) is 17.1. The maximum absolute atomic E-state index is 7.20. The first kappa shape index (κ1) is 46.5. The van der Waals surface area contributed by atoms with Crippen LogP contribution >= 0.6 is 30.6 Å². The van der Waals surface area contributed by atoms with Crippen molar-refractivity contribution in [2.45, 2.75) is 48.5 Å². The van der Waals surface area contributed by atoms with Gasteiger partial charge in [-0.1, -0.05) is 94.0 Å². The van der Waals surface area contributed by atoms with Gasteiger partial charge < -0.3 is 36.2 Å². The summed E-state index contributed by atoms with van der Waals surface area (Å²) in [4.78, 5) is 0. The van der Waals surface area contributed by atoms with Gasteiger partial charge in [-0.05, 0) is 172 Å². The summed E-state index contributed by atoms with van der Waals surface area (Å²) in [5.74, 6) is 2.76. The number of hydrogen-bond donors (Lipinski definition) is 0. The highest BCUT2D eigenvalue weighted by Crippen LogP contribution is 2.79. The first-order valence-electron chi connectivity index (χ1n) is 21.1. The molecule has 340 valence electrons. The molecule has 8 rings (SSSR count). The van der Waals surface area contributed by atoms with Gasteiger partial charge in [0, 0.05) is 7.11 Å². The lowest BCUT2D eigenvalue weighted by Crippen LogP contribution is -2.10. The van der Waals surface area contributed by atoms with Gasteiger partial charge in [0.15, 0.2) is 0 Å². The molecule has 0 aromatic heterocycles. The van der Waals surface area contributed by atoms with Gasteiger partial charge in [0.05, 0.1) is 0 Å². The van der Waals surface area contributed by atoms with E-state index in [0.717, 1.165) is 38.9 Å². The Balaban J connectivity index is 1.59. The molecule has 0 aliphatic carbocycles. The normalized spacial score (nSPS) is 16.8. The van der Waals surface area contributed by atoms with E-state index >= 15 is 0 Å². The largest absolute Gasteiger partial charge is 0.460 e. The highest BCUT2D eigenvalue weighted by atomic mass is 31.3. The van der Waals surface area contributed by atoms with E-state index in [2.05, 4.69) is 0 Å². The third-order valence-corrected chi connectivity index (χ3v) is 20.5. The van der Waals surface area contributed by atoms with E-state index in [4.69, 9.17) is 54.3 Å². The zero-order chi connectivity index (χ0) is 46.4. The van der Waals surface area contributed by atoms with Crippen molar-refractivity contribution in [1.82, 2.24) is 0 Å². The first-order chi connectivity index (χ1) is 31.7. The lowest BCUT2D eigenvalue weighted by molar-refractivity contribution is 0.380. The van der Waals surface area contributed by atoms with Crippen LogP contribution in [0.2, 0.25) is 0 Å². The van der Waals surface area contributed by atoms with Crippen molar-refractivity contribution in [3.8, 4) is 40.2 Å². The van der Waals surface area contributed by atoms with Gasteiger partial charge in [-0.15, -0.1) is 9.03 Å². The molecular weight excluding hydrogens is 908 g/mol. The summed E-state index contributed by atoms with van der Waals surface area (Å²) in [7, 11) is -15.7.